The van der Waals surface area contributed by atoms with Crippen molar-refractivity contribution in [1.29, 1.82) is 0 Å². The first-order valence-corrected chi connectivity index (χ1v) is 8.11. The fraction of sp³-hybridized carbons (Fsp3) is 0.571. The summed E-state index contributed by atoms with van der Waals surface area (Å²) in [7, 11) is 0. The van der Waals surface area contributed by atoms with Gasteiger partial charge in [-0.2, -0.15) is 0 Å². The molecule has 0 N–H and O–H groups in total. The van der Waals surface area contributed by atoms with E-state index in [9.17, 15) is 9.59 Å². The maximum absolute atomic E-state index is 12.2. The van der Waals surface area contributed by atoms with E-state index in [1.54, 1.807) is 11.0 Å². The lowest BCUT2D eigenvalue weighted by Gasteiger charge is -2.22. The quantitative estimate of drug-likeness (QED) is 0.774. The van der Waals surface area contributed by atoms with Crippen molar-refractivity contribution >= 4 is 46.2 Å². The number of hydrogen-bond acceptors (Lipinski definition) is 3. The molecule has 0 radical (unpaired) electrons. The topological polar surface area (TPSA) is 37.4 Å². The molecule has 0 unspecified atom stereocenters. The number of carbonyl (C=O) groups excluding carboxylic acids is 2. The summed E-state index contributed by atoms with van der Waals surface area (Å²) in [6.07, 6.45) is 2.27. The van der Waals surface area contributed by atoms with E-state index in [4.69, 9.17) is 23.2 Å². The molecule has 1 aromatic heterocycles. The van der Waals surface area contributed by atoms with Gasteiger partial charge in [-0.1, -0.05) is 37.0 Å². The minimum Gasteiger partial charge on any atom is -0.335 e. The van der Waals surface area contributed by atoms with Gasteiger partial charge < -0.3 is 4.90 Å². The second kappa shape index (κ2) is 6.04. The minimum absolute atomic E-state index is 0.0429. The number of rotatable bonds is 3. The maximum Gasteiger partial charge on any atom is 0.222 e. The van der Waals surface area contributed by atoms with Crippen LogP contribution in [0.5, 0.6) is 0 Å². The van der Waals surface area contributed by atoms with Crippen LogP contribution < -0.4 is 0 Å². The zero-order valence-electron chi connectivity index (χ0n) is 11.5. The second-order valence-corrected chi connectivity index (χ2v) is 8.18. The Balaban J connectivity index is 2.07. The van der Waals surface area contributed by atoms with Gasteiger partial charge >= 0.3 is 0 Å². The van der Waals surface area contributed by atoms with Crippen molar-refractivity contribution in [3.63, 3.8) is 0 Å². The van der Waals surface area contributed by atoms with Crippen LogP contribution >= 0.6 is 34.5 Å². The first-order valence-electron chi connectivity index (χ1n) is 6.54. The number of hydrogen-bond donors (Lipinski definition) is 0. The number of likely N-dealkylation sites (tertiary alicyclic amines) is 1. The molecule has 3 nitrogen and oxygen atoms in total. The average molecular weight is 334 g/mol. The van der Waals surface area contributed by atoms with E-state index >= 15 is 0 Å². The molecule has 0 saturated carbocycles. The van der Waals surface area contributed by atoms with Gasteiger partial charge in [0, 0.05) is 13.0 Å². The summed E-state index contributed by atoms with van der Waals surface area (Å²) in [6, 6.07) is 1.57. The van der Waals surface area contributed by atoms with Gasteiger partial charge in [-0.25, -0.2) is 0 Å². The largest absolute Gasteiger partial charge is 0.335 e. The molecule has 1 fully saturated rings. The first-order chi connectivity index (χ1) is 9.28. The van der Waals surface area contributed by atoms with Crippen LogP contribution in [0.1, 0.15) is 43.5 Å². The normalized spacial score (nSPS) is 19.0. The van der Waals surface area contributed by atoms with Gasteiger partial charge in [0.1, 0.15) is 4.34 Å². The Labute approximate surface area is 132 Å². The fourth-order valence-electron chi connectivity index (χ4n) is 2.25. The van der Waals surface area contributed by atoms with Crippen LogP contribution in [0.15, 0.2) is 6.07 Å². The lowest BCUT2D eigenvalue weighted by molar-refractivity contribution is -0.130. The molecule has 0 aliphatic carbocycles. The third-order valence-corrected chi connectivity index (χ3v) is 5.21. The molecular formula is C14H17Cl2NO2S. The Bertz CT molecular complexity index is 539. The molecule has 0 bridgehead atoms. The minimum atomic E-state index is -0.147. The molecule has 2 rings (SSSR count). The van der Waals surface area contributed by atoms with Crippen molar-refractivity contribution in [2.24, 2.45) is 5.41 Å². The number of Topliss-reactive ketones (excluding diaryl/α,β-unsaturated/α-hetero) is 1. The molecule has 1 aliphatic rings. The summed E-state index contributed by atoms with van der Waals surface area (Å²) in [4.78, 5) is 26.0. The van der Waals surface area contributed by atoms with Crippen molar-refractivity contribution in [2.45, 2.75) is 33.1 Å². The number of thiophene rings is 1. The molecule has 1 saturated heterocycles. The van der Waals surface area contributed by atoms with E-state index in [1.165, 1.54) is 11.3 Å². The third-order valence-electron chi connectivity index (χ3n) is 3.72. The molecule has 2 heterocycles. The van der Waals surface area contributed by atoms with E-state index < -0.39 is 0 Å². The third kappa shape index (κ3) is 3.74. The highest BCUT2D eigenvalue weighted by molar-refractivity contribution is 7.20. The number of carbonyl (C=O) groups is 2. The van der Waals surface area contributed by atoms with Gasteiger partial charge in [0.25, 0.3) is 0 Å². The SMILES string of the molecule is CC1(C)CCC(=O)N(CC(=O)c2cc(Cl)sc2Cl)CC1. The van der Waals surface area contributed by atoms with Crippen LogP contribution in [0.25, 0.3) is 0 Å². The lowest BCUT2D eigenvalue weighted by atomic mass is 9.85. The highest BCUT2D eigenvalue weighted by Gasteiger charge is 2.29. The van der Waals surface area contributed by atoms with Crippen LogP contribution in [0, 0.1) is 5.41 Å². The van der Waals surface area contributed by atoms with E-state index in [0.29, 0.717) is 27.2 Å². The van der Waals surface area contributed by atoms with Crippen molar-refractivity contribution in [3.8, 4) is 0 Å². The molecule has 6 heteroatoms. The van der Waals surface area contributed by atoms with Crippen LogP contribution in [0.3, 0.4) is 0 Å². The van der Waals surface area contributed by atoms with E-state index in [0.717, 1.165) is 12.8 Å². The summed E-state index contributed by atoms with van der Waals surface area (Å²) in [5.74, 6) is -0.104. The maximum atomic E-state index is 12.2. The predicted octanol–water partition coefficient (Wildman–Crippen LogP) is 4.28. The standard InChI is InChI=1S/C14H17Cl2NO2S/c1-14(2)4-3-12(19)17(6-5-14)8-10(18)9-7-11(15)20-13(9)16/h7H,3-6,8H2,1-2H3. The Kier molecular flexibility index (Phi) is 4.77. The van der Waals surface area contributed by atoms with Gasteiger partial charge in [0.05, 0.1) is 16.4 Å². The van der Waals surface area contributed by atoms with E-state index in [-0.39, 0.29) is 23.7 Å². The molecule has 1 aromatic rings. The predicted molar refractivity (Wildman–Crippen MR) is 82.9 cm³/mol. The summed E-state index contributed by atoms with van der Waals surface area (Å²) >= 11 is 13.0. The smallest absolute Gasteiger partial charge is 0.222 e. The molecular weight excluding hydrogens is 317 g/mol. The highest BCUT2D eigenvalue weighted by atomic mass is 35.5. The van der Waals surface area contributed by atoms with Gasteiger partial charge in [0.15, 0.2) is 5.78 Å². The van der Waals surface area contributed by atoms with Crippen LogP contribution in [-0.2, 0) is 4.79 Å². The number of ketones is 1. The van der Waals surface area contributed by atoms with Gasteiger partial charge in [-0.05, 0) is 24.3 Å². The number of amides is 1. The lowest BCUT2D eigenvalue weighted by Crippen LogP contribution is -2.35. The van der Waals surface area contributed by atoms with E-state index in [1.807, 2.05) is 0 Å². The first kappa shape index (κ1) is 15.8. The molecule has 20 heavy (non-hydrogen) atoms. The Morgan fingerprint density at radius 3 is 2.70 bits per heavy atom. The molecule has 0 spiro atoms. The number of nitrogens with zero attached hydrogens (tertiary/aromatic N) is 1. The molecule has 1 aliphatic heterocycles. The Morgan fingerprint density at radius 2 is 2.10 bits per heavy atom. The Hall–Kier alpha value is -0.580. The number of halogens is 2. The summed E-state index contributed by atoms with van der Waals surface area (Å²) in [5.41, 5.74) is 0.564. The Morgan fingerprint density at radius 1 is 1.40 bits per heavy atom. The molecule has 0 atom stereocenters. The summed E-state index contributed by atoms with van der Waals surface area (Å²) in [6.45, 7) is 5.01. The van der Waals surface area contributed by atoms with Crippen molar-refractivity contribution < 1.29 is 9.59 Å². The molecule has 0 aromatic carbocycles. The van der Waals surface area contributed by atoms with Crippen molar-refractivity contribution in [1.82, 2.24) is 4.90 Å². The zero-order chi connectivity index (χ0) is 14.9. The monoisotopic (exact) mass is 333 g/mol. The summed E-state index contributed by atoms with van der Waals surface area (Å²) < 4.78 is 0.879. The van der Waals surface area contributed by atoms with Crippen LogP contribution in [0.4, 0.5) is 0 Å². The summed E-state index contributed by atoms with van der Waals surface area (Å²) in [5, 5.41) is 0. The molecule has 110 valence electrons. The van der Waals surface area contributed by atoms with Crippen LogP contribution in [-0.4, -0.2) is 29.7 Å². The zero-order valence-corrected chi connectivity index (χ0v) is 13.9. The molecule has 1 amide bonds. The average Bonchev–Trinajstić information content (AvgIpc) is 2.64. The van der Waals surface area contributed by atoms with Gasteiger partial charge in [0.2, 0.25) is 5.91 Å². The highest BCUT2D eigenvalue weighted by Crippen LogP contribution is 2.33. The van der Waals surface area contributed by atoms with Gasteiger partial charge in [-0.15, -0.1) is 11.3 Å². The van der Waals surface area contributed by atoms with Gasteiger partial charge in [-0.3, -0.25) is 9.59 Å². The van der Waals surface area contributed by atoms with E-state index in [2.05, 4.69) is 13.8 Å². The fourth-order valence-corrected chi connectivity index (χ4v) is 3.75. The second-order valence-electron chi connectivity index (χ2n) is 5.89. The van der Waals surface area contributed by atoms with Crippen LogP contribution in [0.2, 0.25) is 8.67 Å². The van der Waals surface area contributed by atoms with Crippen molar-refractivity contribution in [2.75, 3.05) is 13.1 Å². The van der Waals surface area contributed by atoms with Crippen molar-refractivity contribution in [3.05, 3.63) is 20.3 Å².